The summed E-state index contributed by atoms with van der Waals surface area (Å²) in [6.07, 6.45) is 4.80. The summed E-state index contributed by atoms with van der Waals surface area (Å²) in [5.74, 6) is 0.861. The number of nitrogens with zero attached hydrogens (tertiary/aromatic N) is 3. The first-order chi connectivity index (χ1) is 11.7. The Balaban J connectivity index is 1.90. The van der Waals surface area contributed by atoms with E-state index >= 15 is 0 Å². The second-order valence-corrected chi connectivity index (χ2v) is 5.72. The molecule has 0 bridgehead atoms. The summed E-state index contributed by atoms with van der Waals surface area (Å²) >= 11 is 0. The molecule has 0 heterocycles. The Morgan fingerprint density at radius 2 is 1.79 bits per heavy atom. The number of rotatable bonds is 8. The SMILES string of the molecule is CCCCCCOc1ccc(/N=N/c2ccc(C#N)cc2C)cc1. The van der Waals surface area contributed by atoms with Crippen LogP contribution in [0.3, 0.4) is 0 Å². The standard InChI is InChI=1S/C20H23N3O/c1-3-4-5-6-13-24-19-10-8-18(9-11-19)22-23-20-12-7-17(15-21)14-16(20)2/h7-12,14H,3-6,13H2,1-2H3/b23-22+. The van der Waals surface area contributed by atoms with Crippen molar-refractivity contribution >= 4 is 11.4 Å². The van der Waals surface area contributed by atoms with Crippen LogP contribution in [-0.4, -0.2) is 6.61 Å². The third-order valence-electron chi connectivity index (χ3n) is 3.70. The van der Waals surface area contributed by atoms with Crippen LogP contribution in [0.1, 0.15) is 43.7 Å². The first-order valence-electron chi connectivity index (χ1n) is 8.38. The number of hydrogen-bond acceptors (Lipinski definition) is 4. The number of unbranched alkanes of at least 4 members (excludes halogenated alkanes) is 3. The van der Waals surface area contributed by atoms with Crippen LogP contribution in [-0.2, 0) is 0 Å². The van der Waals surface area contributed by atoms with Crippen molar-refractivity contribution in [1.29, 1.82) is 5.26 Å². The van der Waals surface area contributed by atoms with Gasteiger partial charge in [-0.2, -0.15) is 15.5 Å². The number of hydrogen-bond donors (Lipinski definition) is 0. The van der Waals surface area contributed by atoms with Crippen molar-refractivity contribution in [1.82, 2.24) is 0 Å². The van der Waals surface area contributed by atoms with Gasteiger partial charge in [-0.15, -0.1) is 0 Å². The number of benzene rings is 2. The summed E-state index contributed by atoms with van der Waals surface area (Å²) in [5, 5.41) is 17.4. The minimum atomic E-state index is 0.631. The number of aryl methyl sites for hydroxylation is 1. The lowest BCUT2D eigenvalue weighted by molar-refractivity contribution is 0.305. The van der Waals surface area contributed by atoms with Crippen LogP contribution >= 0.6 is 0 Å². The van der Waals surface area contributed by atoms with Crippen molar-refractivity contribution in [3.63, 3.8) is 0 Å². The minimum absolute atomic E-state index is 0.631. The summed E-state index contributed by atoms with van der Waals surface area (Å²) in [6, 6.07) is 15.1. The lowest BCUT2D eigenvalue weighted by Gasteiger charge is -2.05. The molecule has 0 unspecified atom stereocenters. The van der Waals surface area contributed by atoms with E-state index in [1.54, 1.807) is 6.07 Å². The zero-order valence-electron chi connectivity index (χ0n) is 14.3. The molecule has 2 rings (SSSR count). The molecule has 0 aliphatic rings. The van der Waals surface area contributed by atoms with E-state index in [0.717, 1.165) is 35.7 Å². The second-order valence-electron chi connectivity index (χ2n) is 5.72. The monoisotopic (exact) mass is 321 g/mol. The van der Waals surface area contributed by atoms with Gasteiger partial charge in [-0.3, -0.25) is 0 Å². The summed E-state index contributed by atoms with van der Waals surface area (Å²) in [4.78, 5) is 0. The van der Waals surface area contributed by atoms with Crippen molar-refractivity contribution in [3.05, 3.63) is 53.6 Å². The van der Waals surface area contributed by atoms with E-state index in [9.17, 15) is 0 Å². The molecule has 0 aliphatic carbocycles. The Labute approximate surface area is 143 Å². The van der Waals surface area contributed by atoms with Crippen LogP contribution in [0.5, 0.6) is 5.75 Å². The summed E-state index contributed by atoms with van der Waals surface area (Å²) in [5.41, 5.74) is 3.11. The van der Waals surface area contributed by atoms with Gasteiger partial charge in [0.25, 0.3) is 0 Å². The van der Waals surface area contributed by atoms with Gasteiger partial charge in [0.05, 0.1) is 29.6 Å². The molecule has 0 saturated carbocycles. The van der Waals surface area contributed by atoms with Crippen molar-refractivity contribution in [2.45, 2.75) is 39.5 Å². The van der Waals surface area contributed by atoms with Crippen molar-refractivity contribution in [2.75, 3.05) is 6.61 Å². The zero-order valence-corrected chi connectivity index (χ0v) is 14.3. The molecular weight excluding hydrogens is 298 g/mol. The van der Waals surface area contributed by atoms with Gasteiger partial charge < -0.3 is 4.74 Å². The van der Waals surface area contributed by atoms with Gasteiger partial charge in [-0.1, -0.05) is 26.2 Å². The number of azo groups is 1. The second kappa shape index (κ2) is 9.46. The molecule has 0 amide bonds. The van der Waals surface area contributed by atoms with Crippen LogP contribution in [0, 0.1) is 18.3 Å². The van der Waals surface area contributed by atoms with E-state index in [4.69, 9.17) is 10.00 Å². The Hall–Kier alpha value is -2.67. The predicted molar refractivity (Wildman–Crippen MR) is 96.1 cm³/mol. The van der Waals surface area contributed by atoms with Crippen LogP contribution in [0.2, 0.25) is 0 Å². The average Bonchev–Trinajstić information content (AvgIpc) is 2.61. The van der Waals surface area contributed by atoms with Gasteiger partial charge in [-0.05, 0) is 61.4 Å². The molecule has 4 nitrogen and oxygen atoms in total. The molecule has 24 heavy (non-hydrogen) atoms. The molecule has 124 valence electrons. The third kappa shape index (κ3) is 5.51. The van der Waals surface area contributed by atoms with E-state index in [2.05, 4.69) is 23.2 Å². The van der Waals surface area contributed by atoms with Crippen LogP contribution in [0.15, 0.2) is 52.7 Å². The molecule has 0 N–H and O–H groups in total. The Morgan fingerprint density at radius 1 is 1.00 bits per heavy atom. The maximum absolute atomic E-state index is 8.87. The van der Waals surface area contributed by atoms with Gasteiger partial charge in [0.2, 0.25) is 0 Å². The molecule has 0 fully saturated rings. The molecule has 0 spiro atoms. The summed E-state index contributed by atoms with van der Waals surface area (Å²) in [7, 11) is 0. The maximum atomic E-state index is 8.87. The van der Waals surface area contributed by atoms with E-state index < -0.39 is 0 Å². The minimum Gasteiger partial charge on any atom is -0.494 e. The quantitative estimate of drug-likeness (QED) is 0.426. The summed E-state index contributed by atoms with van der Waals surface area (Å²) in [6.45, 7) is 4.88. The van der Waals surface area contributed by atoms with E-state index in [0.29, 0.717) is 5.56 Å². The Bertz CT molecular complexity index is 715. The van der Waals surface area contributed by atoms with E-state index in [-0.39, 0.29) is 0 Å². The van der Waals surface area contributed by atoms with Crippen LogP contribution in [0.25, 0.3) is 0 Å². The van der Waals surface area contributed by atoms with E-state index in [1.165, 1.54) is 19.3 Å². The molecule has 0 aromatic heterocycles. The lowest BCUT2D eigenvalue weighted by atomic mass is 10.1. The smallest absolute Gasteiger partial charge is 0.119 e. The highest BCUT2D eigenvalue weighted by Gasteiger charge is 1.99. The molecule has 2 aromatic rings. The summed E-state index contributed by atoms with van der Waals surface area (Å²) < 4.78 is 5.71. The van der Waals surface area contributed by atoms with Gasteiger partial charge in [-0.25, -0.2) is 0 Å². The largest absolute Gasteiger partial charge is 0.494 e. The first-order valence-corrected chi connectivity index (χ1v) is 8.38. The fourth-order valence-electron chi connectivity index (χ4n) is 2.28. The topological polar surface area (TPSA) is 57.7 Å². The molecule has 0 atom stereocenters. The highest BCUT2D eigenvalue weighted by Crippen LogP contribution is 2.24. The molecule has 0 saturated heterocycles. The lowest BCUT2D eigenvalue weighted by Crippen LogP contribution is -1.96. The molecule has 0 aliphatic heterocycles. The van der Waals surface area contributed by atoms with Crippen LogP contribution in [0.4, 0.5) is 11.4 Å². The predicted octanol–water partition coefficient (Wildman–Crippen LogP) is 6.24. The molecule has 2 aromatic carbocycles. The van der Waals surface area contributed by atoms with Gasteiger partial charge in [0.15, 0.2) is 0 Å². The number of ether oxygens (including phenoxy) is 1. The molecule has 0 radical (unpaired) electrons. The van der Waals surface area contributed by atoms with Crippen molar-refractivity contribution in [3.8, 4) is 11.8 Å². The average molecular weight is 321 g/mol. The van der Waals surface area contributed by atoms with Gasteiger partial charge in [0.1, 0.15) is 5.75 Å². The third-order valence-corrected chi connectivity index (χ3v) is 3.70. The van der Waals surface area contributed by atoms with Crippen molar-refractivity contribution < 1.29 is 4.74 Å². The van der Waals surface area contributed by atoms with E-state index in [1.807, 2.05) is 43.3 Å². The van der Waals surface area contributed by atoms with Gasteiger partial charge in [0, 0.05) is 0 Å². The van der Waals surface area contributed by atoms with Gasteiger partial charge >= 0.3 is 0 Å². The highest BCUT2D eigenvalue weighted by atomic mass is 16.5. The maximum Gasteiger partial charge on any atom is 0.119 e. The fourth-order valence-corrected chi connectivity index (χ4v) is 2.28. The molecular formula is C20H23N3O. The Kier molecular flexibility index (Phi) is 6.97. The highest BCUT2D eigenvalue weighted by molar-refractivity contribution is 5.50. The Morgan fingerprint density at radius 3 is 2.46 bits per heavy atom. The fraction of sp³-hybridized carbons (Fsp3) is 0.350. The van der Waals surface area contributed by atoms with Crippen LogP contribution < -0.4 is 4.74 Å². The zero-order chi connectivity index (χ0) is 17.2. The van der Waals surface area contributed by atoms with Crippen molar-refractivity contribution in [2.24, 2.45) is 10.2 Å². The molecule has 4 heteroatoms. The first kappa shape index (κ1) is 17.7. The number of nitriles is 1. The normalized spacial score (nSPS) is 10.7.